The number of fused-ring (bicyclic) bond motifs is 10. The van der Waals surface area contributed by atoms with E-state index in [4.69, 9.17) is 4.12 Å². The van der Waals surface area contributed by atoms with E-state index in [0.717, 1.165) is 82.6 Å². The molecule has 2 aliphatic heterocycles. The van der Waals surface area contributed by atoms with Crippen LogP contribution in [-0.4, -0.2) is 64.7 Å². The van der Waals surface area contributed by atoms with E-state index in [-0.39, 0.29) is 0 Å². The van der Waals surface area contributed by atoms with Crippen LogP contribution in [0.5, 0.6) is 0 Å². The monoisotopic (exact) mass is 596 g/mol. The lowest BCUT2D eigenvalue weighted by atomic mass is 9.70. The Hall–Kier alpha value is 0.314. The molecule has 8 fully saturated rings. The SMILES string of the molecule is CN1C2CCCCC2C2C3CCCCC3C([Si](C)(C)O[Si](C)(C)C3C4CCCCC4C4C5CCCCC5N(C)C43)C21. The molecule has 0 spiro atoms. The lowest BCUT2D eigenvalue weighted by Crippen LogP contribution is -2.57. The summed E-state index contributed by atoms with van der Waals surface area (Å²) < 4.78 is 8.14. The van der Waals surface area contributed by atoms with Crippen LogP contribution >= 0.6 is 0 Å². The molecule has 0 aromatic heterocycles. The lowest BCUT2D eigenvalue weighted by Gasteiger charge is -2.49. The van der Waals surface area contributed by atoms with Gasteiger partial charge in [0.1, 0.15) is 0 Å². The van der Waals surface area contributed by atoms with Crippen molar-refractivity contribution in [3.8, 4) is 0 Å². The van der Waals surface area contributed by atoms with Crippen LogP contribution in [0.1, 0.15) is 103 Å². The maximum atomic E-state index is 8.14. The minimum Gasteiger partial charge on any atom is -0.455 e. The van der Waals surface area contributed by atoms with Gasteiger partial charge >= 0.3 is 0 Å². The van der Waals surface area contributed by atoms with Gasteiger partial charge in [-0.2, -0.15) is 0 Å². The minimum atomic E-state index is -1.93. The minimum absolute atomic E-state index is 0.832. The fraction of sp³-hybridized carbons (Fsp3) is 1.00. The zero-order valence-electron chi connectivity index (χ0n) is 27.7. The molecule has 2 saturated heterocycles. The molecule has 0 amide bonds. The maximum absolute atomic E-state index is 8.14. The highest BCUT2D eigenvalue weighted by Crippen LogP contribution is 2.67. The second-order valence-corrected chi connectivity index (χ2v) is 26.6. The van der Waals surface area contributed by atoms with Crippen molar-refractivity contribution < 1.29 is 4.12 Å². The Labute approximate surface area is 255 Å². The van der Waals surface area contributed by atoms with E-state index in [1.54, 1.807) is 0 Å². The summed E-state index contributed by atoms with van der Waals surface area (Å²) in [5.41, 5.74) is 1.73. The number of rotatable bonds is 4. The summed E-state index contributed by atoms with van der Waals surface area (Å²) in [6.45, 7) is 11.0. The van der Waals surface area contributed by atoms with E-state index in [9.17, 15) is 0 Å². The molecule has 3 nitrogen and oxygen atoms in total. The molecule has 2 heterocycles. The molecule has 8 aliphatic rings. The van der Waals surface area contributed by atoms with Gasteiger partial charge in [0.15, 0.2) is 16.6 Å². The normalized spacial score (nSPS) is 52.0. The van der Waals surface area contributed by atoms with Crippen molar-refractivity contribution in [3.05, 3.63) is 0 Å². The van der Waals surface area contributed by atoms with Gasteiger partial charge in [-0.15, -0.1) is 0 Å². The molecule has 8 rings (SSSR count). The molecule has 6 aliphatic carbocycles. The summed E-state index contributed by atoms with van der Waals surface area (Å²) in [7, 11) is 1.29. The summed E-state index contributed by atoms with van der Waals surface area (Å²) in [6, 6.07) is 3.43. The van der Waals surface area contributed by atoms with Crippen molar-refractivity contribution in [2.75, 3.05) is 14.1 Å². The Bertz CT molecular complexity index is 911. The third-order valence-corrected chi connectivity index (χ3v) is 24.8. The average molecular weight is 597 g/mol. The molecule has 14 unspecified atom stereocenters. The predicted octanol–water partition coefficient (Wildman–Crippen LogP) is 8.77. The van der Waals surface area contributed by atoms with Gasteiger partial charge in [-0.3, -0.25) is 9.80 Å². The molecular weight excluding hydrogens is 533 g/mol. The Morgan fingerprint density at radius 3 is 1.15 bits per heavy atom. The Kier molecular flexibility index (Phi) is 7.31. The molecule has 0 aromatic carbocycles. The zero-order valence-corrected chi connectivity index (χ0v) is 29.7. The quantitative estimate of drug-likeness (QED) is 0.302. The average Bonchev–Trinajstić information content (AvgIpc) is 3.66. The third-order valence-electron chi connectivity index (χ3n) is 15.9. The summed E-state index contributed by atoms with van der Waals surface area (Å²) in [6.07, 6.45) is 24.0. The van der Waals surface area contributed by atoms with E-state index >= 15 is 0 Å². The molecule has 5 heteroatoms. The van der Waals surface area contributed by atoms with E-state index in [1.165, 1.54) is 103 Å². The highest BCUT2D eigenvalue weighted by Gasteiger charge is 2.68. The smallest absolute Gasteiger partial charge is 0.178 e. The second kappa shape index (κ2) is 10.4. The van der Waals surface area contributed by atoms with Crippen molar-refractivity contribution in [1.29, 1.82) is 0 Å². The molecule has 0 bridgehead atoms. The third kappa shape index (κ3) is 4.23. The molecular formula is C36H64N2OSi2. The van der Waals surface area contributed by atoms with Gasteiger partial charge in [0, 0.05) is 24.2 Å². The maximum Gasteiger partial charge on any atom is 0.178 e. The van der Waals surface area contributed by atoms with Crippen LogP contribution < -0.4 is 0 Å². The molecule has 232 valence electrons. The van der Waals surface area contributed by atoms with Crippen LogP contribution in [0.3, 0.4) is 0 Å². The van der Waals surface area contributed by atoms with Gasteiger partial charge in [0.05, 0.1) is 0 Å². The van der Waals surface area contributed by atoms with Crippen LogP contribution in [0.25, 0.3) is 0 Å². The highest BCUT2D eigenvalue weighted by molar-refractivity contribution is 6.86. The van der Waals surface area contributed by atoms with Crippen LogP contribution in [0.4, 0.5) is 0 Å². The van der Waals surface area contributed by atoms with Crippen molar-refractivity contribution >= 4 is 16.6 Å². The Morgan fingerprint density at radius 1 is 0.439 bits per heavy atom. The number of hydrogen-bond acceptors (Lipinski definition) is 3. The number of likely N-dealkylation sites (tertiary alicyclic amines) is 2. The Morgan fingerprint density at radius 2 is 0.756 bits per heavy atom. The largest absolute Gasteiger partial charge is 0.455 e. The summed E-state index contributed by atoms with van der Waals surface area (Å²) >= 11 is 0. The predicted molar refractivity (Wildman–Crippen MR) is 176 cm³/mol. The number of nitrogens with zero attached hydrogens (tertiary/aromatic N) is 2. The van der Waals surface area contributed by atoms with Crippen LogP contribution in [0, 0.1) is 47.3 Å². The second-order valence-electron chi connectivity index (χ2n) is 18.1. The Balaban J connectivity index is 1.12. The van der Waals surface area contributed by atoms with Gasteiger partial charge in [-0.1, -0.05) is 64.2 Å². The van der Waals surface area contributed by atoms with Gasteiger partial charge in [0.25, 0.3) is 0 Å². The van der Waals surface area contributed by atoms with E-state index in [1.807, 2.05) is 0 Å². The van der Waals surface area contributed by atoms with Gasteiger partial charge in [-0.25, -0.2) is 0 Å². The number of hydrogen-bond donors (Lipinski definition) is 0. The van der Waals surface area contributed by atoms with Gasteiger partial charge in [-0.05, 0) is 137 Å². The molecule has 6 saturated carbocycles. The van der Waals surface area contributed by atoms with Crippen molar-refractivity contribution in [2.45, 2.75) is 164 Å². The molecule has 0 radical (unpaired) electrons. The van der Waals surface area contributed by atoms with Crippen molar-refractivity contribution in [3.63, 3.8) is 0 Å². The van der Waals surface area contributed by atoms with Crippen LogP contribution in [0.2, 0.25) is 37.3 Å². The fourth-order valence-electron chi connectivity index (χ4n) is 15.2. The molecule has 0 aromatic rings. The molecule has 41 heavy (non-hydrogen) atoms. The first-order valence-electron chi connectivity index (χ1n) is 18.8. The van der Waals surface area contributed by atoms with Crippen molar-refractivity contribution in [1.82, 2.24) is 9.80 Å². The van der Waals surface area contributed by atoms with Gasteiger partial charge < -0.3 is 4.12 Å². The molecule has 0 N–H and O–H groups in total. The summed E-state index contributed by atoms with van der Waals surface area (Å²) in [5, 5.41) is 0. The van der Waals surface area contributed by atoms with E-state index < -0.39 is 16.6 Å². The van der Waals surface area contributed by atoms with E-state index in [2.05, 4.69) is 50.1 Å². The van der Waals surface area contributed by atoms with E-state index in [0.29, 0.717) is 0 Å². The summed E-state index contributed by atoms with van der Waals surface area (Å²) in [4.78, 5) is 6.00. The van der Waals surface area contributed by atoms with Crippen molar-refractivity contribution in [2.24, 2.45) is 47.3 Å². The van der Waals surface area contributed by atoms with Crippen LogP contribution in [0.15, 0.2) is 0 Å². The first-order valence-corrected chi connectivity index (χ1v) is 24.8. The highest BCUT2D eigenvalue weighted by atomic mass is 28.4. The standard InChI is InChI=1S/C36H64N2OSi2/c1-37-29-21-13-11-19-27(29)31-23-15-7-9-17-25(23)35(33(31)37)40(3,4)39-41(5,6)36-26-18-10-8-16-24(26)32-28-20-12-14-22-30(28)38(2)34(32)36/h23-36H,7-22H2,1-6H3. The topological polar surface area (TPSA) is 15.7 Å². The van der Waals surface area contributed by atoms with Crippen LogP contribution in [-0.2, 0) is 4.12 Å². The lowest BCUT2D eigenvalue weighted by molar-refractivity contribution is 0.132. The fourth-order valence-corrected chi connectivity index (χ4v) is 27.2. The first kappa shape index (κ1) is 28.8. The molecule has 14 atom stereocenters. The summed E-state index contributed by atoms with van der Waals surface area (Å²) in [5.74, 6) is 7.93. The van der Waals surface area contributed by atoms with Gasteiger partial charge in [0.2, 0.25) is 0 Å². The first-order chi connectivity index (χ1) is 19.7. The zero-order chi connectivity index (χ0) is 28.3.